The first-order chi connectivity index (χ1) is 10.8. The molecule has 22 heavy (non-hydrogen) atoms. The van der Waals surface area contributed by atoms with Gasteiger partial charge in [-0.25, -0.2) is 14.3 Å². The minimum absolute atomic E-state index is 0.284. The predicted octanol–water partition coefficient (Wildman–Crippen LogP) is 2.49. The van der Waals surface area contributed by atoms with E-state index in [1.165, 1.54) is 10.8 Å². The van der Waals surface area contributed by atoms with Crippen molar-refractivity contribution in [3.8, 4) is 5.75 Å². The number of benzene rings is 1. The zero-order valence-electron chi connectivity index (χ0n) is 12.1. The summed E-state index contributed by atoms with van der Waals surface area (Å²) in [7, 11) is 0. The number of ether oxygens (including phenoxy) is 2. The van der Waals surface area contributed by atoms with Crippen LogP contribution in [-0.2, 0) is 11.3 Å². The van der Waals surface area contributed by atoms with Crippen molar-refractivity contribution in [2.75, 3.05) is 6.61 Å². The monoisotopic (exact) mass is 297 g/mol. The fourth-order valence-electron chi connectivity index (χ4n) is 2.12. The van der Waals surface area contributed by atoms with Gasteiger partial charge in [0, 0.05) is 6.20 Å². The topological polar surface area (TPSA) is 65.7 Å². The molecule has 0 bridgehead atoms. The summed E-state index contributed by atoms with van der Waals surface area (Å²) in [6, 6.07) is 11.4. The van der Waals surface area contributed by atoms with Gasteiger partial charge in [-0.2, -0.15) is 5.10 Å². The number of pyridine rings is 1. The molecule has 3 aromatic rings. The Labute approximate surface area is 127 Å². The van der Waals surface area contributed by atoms with Crippen LogP contribution in [0.1, 0.15) is 22.8 Å². The van der Waals surface area contributed by atoms with E-state index in [9.17, 15) is 4.79 Å². The third kappa shape index (κ3) is 2.76. The molecule has 0 aliphatic rings. The lowest BCUT2D eigenvalue weighted by Gasteiger charge is -2.11. The van der Waals surface area contributed by atoms with Gasteiger partial charge >= 0.3 is 5.97 Å². The number of carbonyl (C=O) groups excluding carboxylic acids is 1. The van der Waals surface area contributed by atoms with Crippen LogP contribution in [0.25, 0.3) is 5.65 Å². The summed E-state index contributed by atoms with van der Waals surface area (Å²) in [6.07, 6.45) is 3.09. The van der Waals surface area contributed by atoms with Gasteiger partial charge in [0.2, 0.25) is 0 Å². The standard InChI is InChI=1S/C16H15N3O3/c1-2-21-16(20)14-13(8-9-19-15(14)17-11-18-19)22-10-12-6-4-3-5-7-12/h3-9,11H,2,10H2,1H3. The molecule has 0 unspecified atom stereocenters. The molecule has 0 amide bonds. The van der Waals surface area contributed by atoms with E-state index in [0.717, 1.165) is 5.56 Å². The molecule has 2 heterocycles. The van der Waals surface area contributed by atoms with Crippen molar-refractivity contribution >= 4 is 11.6 Å². The maximum atomic E-state index is 12.2. The maximum absolute atomic E-state index is 12.2. The molecule has 0 atom stereocenters. The zero-order chi connectivity index (χ0) is 15.4. The summed E-state index contributed by atoms with van der Waals surface area (Å²) in [5.74, 6) is -0.0352. The molecule has 1 aromatic carbocycles. The van der Waals surface area contributed by atoms with Gasteiger partial charge in [0.25, 0.3) is 0 Å². The Morgan fingerprint density at radius 1 is 1.23 bits per heavy atom. The van der Waals surface area contributed by atoms with Crippen LogP contribution in [-0.4, -0.2) is 27.2 Å². The smallest absolute Gasteiger partial charge is 0.345 e. The summed E-state index contributed by atoms with van der Waals surface area (Å²) in [5.41, 5.74) is 1.72. The van der Waals surface area contributed by atoms with E-state index in [1.807, 2.05) is 30.3 Å². The lowest BCUT2D eigenvalue weighted by Crippen LogP contribution is -2.10. The Morgan fingerprint density at radius 3 is 2.82 bits per heavy atom. The second-order valence-corrected chi connectivity index (χ2v) is 4.58. The predicted molar refractivity (Wildman–Crippen MR) is 79.7 cm³/mol. The lowest BCUT2D eigenvalue weighted by atomic mass is 10.2. The van der Waals surface area contributed by atoms with Crippen LogP contribution < -0.4 is 4.74 Å². The number of rotatable bonds is 5. The van der Waals surface area contributed by atoms with Crippen LogP contribution in [0, 0.1) is 0 Å². The van der Waals surface area contributed by atoms with E-state index < -0.39 is 5.97 Å². The van der Waals surface area contributed by atoms with Gasteiger partial charge in [-0.3, -0.25) is 0 Å². The highest BCUT2D eigenvalue weighted by molar-refractivity contribution is 5.98. The van der Waals surface area contributed by atoms with E-state index in [1.54, 1.807) is 19.2 Å². The lowest BCUT2D eigenvalue weighted by molar-refractivity contribution is 0.0523. The molecule has 0 spiro atoms. The van der Waals surface area contributed by atoms with Crippen molar-refractivity contribution in [1.29, 1.82) is 0 Å². The van der Waals surface area contributed by atoms with Gasteiger partial charge in [0.1, 0.15) is 24.2 Å². The van der Waals surface area contributed by atoms with Gasteiger partial charge in [-0.1, -0.05) is 30.3 Å². The van der Waals surface area contributed by atoms with Crippen LogP contribution in [0.2, 0.25) is 0 Å². The number of fused-ring (bicyclic) bond motifs is 1. The number of carbonyl (C=O) groups is 1. The van der Waals surface area contributed by atoms with E-state index >= 15 is 0 Å². The summed E-state index contributed by atoms with van der Waals surface area (Å²) in [4.78, 5) is 16.3. The summed E-state index contributed by atoms with van der Waals surface area (Å²) >= 11 is 0. The molecule has 0 saturated carbocycles. The fraction of sp³-hybridized carbons (Fsp3) is 0.188. The van der Waals surface area contributed by atoms with Gasteiger partial charge in [0.05, 0.1) is 6.61 Å². The number of nitrogens with zero attached hydrogens (tertiary/aromatic N) is 3. The number of hydrogen-bond acceptors (Lipinski definition) is 5. The third-order valence-corrected chi connectivity index (χ3v) is 3.13. The molecule has 6 nitrogen and oxygen atoms in total. The first-order valence-corrected chi connectivity index (χ1v) is 6.95. The van der Waals surface area contributed by atoms with Gasteiger partial charge in [-0.15, -0.1) is 0 Å². The molecular formula is C16H15N3O3. The Hall–Kier alpha value is -2.89. The average Bonchev–Trinajstić information content (AvgIpc) is 3.02. The summed E-state index contributed by atoms with van der Waals surface area (Å²) < 4.78 is 12.4. The zero-order valence-corrected chi connectivity index (χ0v) is 12.1. The highest BCUT2D eigenvalue weighted by Gasteiger charge is 2.20. The van der Waals surface area contributed by atoms with Gasteiger partial charge < -0.3 is 9.47 Å². The van der Waals surface area contributed by atoms with Crippen LogP contribution in [0.15, 0.2) is 48.9 Å². The van der Waals surface area contributed by atoms with Crippen LogP contribution in [0.3, 0.4) is 0 Å². The van der Waals surface area contributed by atoms with Crippen molar-refractivity contribution < 1.29 is 14.3 Å². The SMILES string of the molecule is CCOC(=O)c1c(OCc2ccccc2)ccn2ncnc12. The number of hydrogen-bond donors (Lipinski definition) is 0. The number of aromatic nitrogens is 3. The van der Waals surface area contributed by atoms with E-state index in [0.29, 0.717) is 18.0 Å². The van der Waals surface area contributed by atoms with E-state index in [-0.39, 0.29) is 12.2 Å². The molecule has 0 aliphatic heterocycles. The maximum Gasteiger partial charge on any atom is 0.345 e. The quantitative estimate of drug-likeness (QED) is 0.677. The van der Waals surface area contributed by atoms with E-state index in [2.05, 4.69) is 10.1 Å². The summed E-state index contributed by atoms with van der Waals surface area (Å²) in [6.45, 7) is 2.40. The molecule has 0 radical (unpaired) electrons. The highest BCUT2D eigenvalue weighted by atomic mass is 16.5. The second kappa shape index (κ2) is 6.26. The summed E-state index contributed by atoms with van der Waals surface area (Å²) in [5, 5.41) is 4.02. The normalized spacial score (nSPS) is 10.6. The molecule has 0 saturated heterocycles. The average molecular weight is 297 g/mol. The molecule has 0 fully saturated rings. The molecule has 0 aliphatic carbocycles. The third-order valence-electron chi connectivity index (χ3n) is 3.13. The molecule has 3 rings (SSSR count). The minimum atomic E-state index is -0.468. The minimum Gasteiger partial charge on any atom is -0.488 e. The van der Waals surface area contributed by atoms with Crippen molar-refractivity contribution in [2.45, 2.75) is 13.5 Å². The Morgan fingerprint density at radius 2 is 2.05 bits per heavy atom. The molecule has 2 aromatic heterocycles. The van der Waals surface area contributed by atoms with Crippen molar-refractivity contribution in [3.05, 3.63) is 60.0 Å². The Kier molecular flexibility index (Phi) is 4.00. The van der Waals surface area contributed by atoms with Crippen LogP contribution in [0.4, 0.5) is 0 Å². The molecule has 6 heteroatoms. The molecule has 0 N–H and O–H groups in total. The van der Waals surface area contributed by atoms with Crippen LogP contribution >= 0.6 is 0 Å². The second-order valence-electron chi connectivity index (χ2n) is 4.58. The van der Waals surface area contributed by atoms with Crippen molar-refractivity contribution in [2.24, 2.45) is 0 Å². The molecular weight excluding hydrogens is 282 g/mol. The Bertz CT molecular complexity index is 784. The van der Waals surface area contributed by atoms with Crippen molar-refractivity contribution in [3.63, 3.8) is 0 Å². The van der Waals surface area contributed by atoms with Crippen LogP contribution in [0.5, 0.6) is 5.75 Å². The fourth-order valence-corrected chi connectivity index (χ4v) is 2.12. The first-order valence-electron chi connectivity index (χ1n) is 6.95. The molecule has 112 valence electrons. The largest absolute Gasteiger partial charge is 0.488 e. The van der Waals surface area contributed by atoms with E-state index in [4.69, 9.17) is 9.47 Å². The van der Waals surface area contributed by atoms with Gasteiger partial charge in [-0.05, 0) is 18.6 Å². The Balaban J connectivity index is 1.94. The highest BCUT2D eigenvalue weighted by Crippen LogP contribution is 2.24. The first kappa shape index (κ1) is 14.1. The number of esters is 1. The van der Waals surface area contributed by atoms with Gasteiger partial charge in [0.15, 0.2) is 5.65 Å². The van der Waals surface area contributed by atoms with Crippen molar-refractivity contribution in [1.82, 2.24) is 14.6 Å².